The molecule has 4 N–H and O–H groups in total. The zero-order chi connectivity index (χ0) is 14.7. The average molecular weight is 307 g/mol. The lowest BCUT2D eigenvalue weighted by Gasteiger charge is -2.25. The molecule has 0 saturated heterocycles. The fraction of sp³-hybridized carbons (Fsp3) is 0.500. The normalized spacial score (nSPS) is 12.6. The monoisotopic (exact) mass is 306 g/mol. The highest BCUT2D eigenvalue weighted by molar-refractivity contribution is 7.89. The van der Waals surface area contributed by atoms with Gasteiger partial charge >= 0.3 is 0 Å². The van der Waals surface area contributed by atoms with Gasteiger partial charge in [-0.25, -0.2) is 13.1 Å². The summed E-state index contributed by atoms with van der Waals surface area (Å²) in [7, 11) is -3.84. The van der Waals surface area contributed by atoms with Gasteiger partial charge in [0.2, 0.25) is 10.0 Å². The molecule has 0 aliphatic carbocycles. The van der Waals surface area contributed by atoms with Gasteiger partial charge in [0, 0.05) is 6.54 Å². The number of hydrogen-bond acceptors (Lipinski definition) is 4. The second-order valence-corrected chi connectivity index (χ2v) is 6.53. The summed E-state index contributed by atoms with van der Waals surface area (Å²) in [6.45, 7) is 3.51. The fourth-order valence-corrected chi connectivity index (χ4v) is 3.40. The lowest BCUT2D eigenvalue weighted by atomic mass is 9.98. The van der Waals surface area contributed by atoms with E-state index in [9.17, 15) is 13.5 Å². The molecule has 1 aromatic rings. The van der Waals surface area contributed by atoms with E-state index in [1.54, 1.807) is 19.9 Å². The smallest absolute Gasteiger partial charge is 0.244 e. The van der Waals surface area contributed by atoms with E-state index in [0.29, 0.717) is 12.8 Å². The molecule has 0 saturated carbocycles. The number of aliphatic hydroxyl groups is 1. The Hall–Kier alpha value is -0.820. The van der Waals surface area contributed by atoms with Gasteiger partial charge in [0.15, 0.2) is 0 Å². The third-order valence-corrected chi connectivity index (χ3v) is 5.12. The number of benzene rings is 1. The first-order valence-electron chi connectivity index (χ1n) is 6.02. The zero-order valence-corrected chi connectivity index (χ0v) is 12.6. The van der Waals surface area contributed by atoms with Gasteiger partial charge in [-0.05, 0) is 25.0 Å². The van der Waals surface area contributed by atoms with Crippen LogP contribution in [0.2, 0.25) is 5.02 Å². The summed E-state index contributed by atoms with van der Waals surface area (Å²) in [6, 6.07) is 4.50. The highest BCUT2D eigenvalue weighted by Gasteiger charge is 2.27. The number of anilines is 1. The Bertz CT molecular complexity index is 522. The van der Waals surface area contributed by atoms with Crippen LogP contribution in [0.4, 0.5) is 5.69 Å². The van der Waals surface area contributed by atoms with Crippen LogP contribution >= 0.6 is 11.6 Å². The van der Waals surface area contributed by atoms with E-state index < -0.39 is 15.6 Å². The molecular formula is C12H19ClN2O3S. The van der Waals surface area contributed by atoms with E-state index in [0.717, 1.165) is 0 Å². The van der Waals surface area contributed by atoms with Crippen LogP contribution in [0.25, 0.3) is 0 Å². The molecule has 19 heavy (non-hydrogen) atoms. The molecule has 0 aromatic heterocycles. The molecule has 0 heterocycles. The van der Waals surface area contributed by atoms with Crippen LogP contribution in [-0.4, -0.2) is 25.7 Å². The minimum Gasteiger partial charge on any atom is -0.398 e. The molecule has 0 radical (unpaired) electrons. The first-order chi connectivity index (χ1) is 8.75. The van der Waals surface area contributed by atoms with Crippen molar-refractivity contribution in [2.75, 3.05) is 12.3 Å². The van der Waals surface area contributed by atoms with Gasteiger partial charge in [-0.2, -0.15) is 0 Å². The van der Waals surface area contributed by atoms with Crippen molar-refractivity contribution in [2.45, 2.75) is 37.2 Å². The first kappa shape index (κ1) is 16.2. The van der Waals surface area contributed by atoms with Crippen LogP contribution in [0.5, 0.6) is 0 Å². The van der Waals surface area contributed by atoms with Gasteiger partial charge < -0.3 is 10.8 Å². The maximum Gasteiger partial charge on any atom is 0.244 e. The van der Waals surface area contributed by atoms with Gasteiger partial charge in [0.25, 0.3) is 0 Å². The number of halogens is 1. The Morgan fingerprint density at radius 2 is 1.95 bits per heavy atom. The summed E-state index contributed by atoms with van der Waals surface area (Å²) >= 11 is 5.87. The van der Waals surface area contributed by atoms with Crippen molar-refractivity contribution >= 4 is 27.3 Å². The predicted molar refractivity (Wildman–Crippen MR) is 76.6 cm³/mol. The molecule has 0 bridgehead atoms. The standard InChI is InChI=1S/C12H19ClN2O3S/c1-3-12(16,4-2)8-15-19(17,18)11-9(13)6-5-7-10(11)14/h5-7,15-16H,3-4,8,14H2,1-2H3. The minimum absolute atomic E-state index is 0.0593. The van der Waals surface area contributed by atoms with Crippen molar-refractivity contribution < 1.29 is 13.5 Å². The lowest BCUT2D eigenvalue weighted by Crippen LogP contribution is -2.42. The van der Waals surface area contributed by atoms with Crippen LogP contribution in [0.3, 0.4) is 0 Å². The van der Waals surface area contributed by atoms with Crippen LogP contribution in [-0.2, 0) is 10.0 Å². The number of sulfonamides is 1. The molecule has 0 aliphatic heterocycles. The SMILES string of the molecule is CCC(O)(CC)CNS(=O)(=O)c1c(N)cccc1Cl. The van der Waals surface area contributed by atoms with Crippen molar-refractivity contribution in [1.82, 2.24) is 4.72 Å². The number of nitrogen functional groups attached to an aromatic ring is 1. The molecule has 0 fully saturated rings. The second-order valence-electron chi connectivity index (χ2n) is 4.41. The molecule has 5 nitrogen and oxygen atoms in total. The highest BCUT2D eigenvalue weighted by atomic mass is 35.5. The lowest BCUT2D eigenvalue weighted by molar-refractivity contribution is 0.0377. The van der Waals surface area contributed by atoms with Crippen molar-refractivity contribution in [3.05, 3.63) is 23.2 Å². The average Bonchev–Trinajstić information content (AvgIpc) is 2.35. The molecule has 1 aromatic carbocycles. The molecule has 0 amide bonds. The summed E-state index contributed by atoms with van der Waals surface area (Å²) in [5.74, 6) is 0. The first-order valence-corrected chi connectivity index (χ1v) is 7.88. The number of nitrogens with two attached hydrogens (primary N) is 1. The van der Waals surface area contributed by atoms with E-state index in [-0.39, 0.29) is 22.2 Å². The largest absolute Gasteiger partial charge is 0.398 e. The van der Waals surface area contributed by atoms with E-state index in [1.165, 1.54) is 12.1 Å². The third-order valence-electron chi connectivity index (χ3n) is 3.17. The number of rotatable bonds is 6. The zero-order valence-electron chi connectivity index (χ0n) is 11.0. The molecule has 7 heteroatoms. The highest BCUT2D eigenvalue weighted by Crippen LogP contribution is 2.27. The molecule has 1 rings (SSSR count). The van der Waals surface area contributed by atoms with Crippen molar-refractivity contribution in [1.29, 1.82) is 0 Å². The van der Waals surface area contributed by atoms with Crippen LogP contribution in [0.1, 0.15) is 26.7 Å². The summed E-state index contributed by atoms with van der Waals surface area (Å²) in [4.78, 5) is -0.147. The van der Waals surface area contributed by atoms with Crippen molar-refractivity contribution in [3.8, 4) is 0 Å². The Labute approximate surface area is 118 Å². The molecule has 0 unspecified atom stereocenters. The van der Waals surface area contributed by atoms with Gasteiger partial charge in [-0.1, -0.05) is 31.5 Å². The Kier molecular flexibility index (Phi) is 5.20. The number of nitrogens with one attached hydrogen (secondary N) is 1. The minimum atomic E-state index is -3.84. The van der Waals surface area contributed by atoms with E-state index >= 15 is 0 Å². The van der Waals surface area contributed by atoms with Crippen molar-refractivity contribution in [2.24, 2.45) is 0 Å². The van der Waals surface area contributed by atoms with Gasteiger partial charge in [0.05, 0.1) is 16.3 Å². The van der Waals surface area contributed by atoms with Crippen molar-refractivity contribution in [3.63, 3.8) is 0 Å². The molecule has 0 aliphatic rings. The Morgan fingerprint density at radius 3 is 2.42 bits per heavy atom. The van der Waals surface area contributed by atoms with Gasteiger partial charge in [0.1, 0.15) is 4.90 Å². The maximum absolute atomic E-state index is 12.2. The van der Waals surface area contributed by atoms with Crippen LogP contribution < -0.4 is 10.5 Å². The topological polar surface area (TPSA) is 92.4 Å². The summed E-state index contributed by atoms with van der Waals surface area (Å²) in [6.07, 6.45) is 0.897. The summed E-state index contributed by atoms with van der Waals surface area (Å²) < 4.78 is 26.7. The quantitative estimate of drug-likeness (QED) is 0.698. The second kappa shape index (κ2) is 6.09. The molecule has 0 spiro atoms. The summed E-state index contributed by atoms with van der Waals surface area (Å²) in [5.41, 5.74) is 4.66. The Morgan fingerprint density at radius 1 is 1.37 bits per heavy atom. The molecular weight excluding hydrogens is 288 g/mol. The van der Waals surface area contributed by atoms with E-state index in [4.69, 9.17) is 17.3 Å². The van der Waals surface area contributed by atoms with Gasteiger partial charge in [-0.15, -0.1) is 0 Å². The number of hydrogen-bond donors (Lipinski definition) is 3. The van der Waals surface area contributed by atoms with Gasteiger partial charge in [-0.3, -0.25) is 0 Å². The van der Waals surface area contributed by atoms with E-state index in [2.05, 4.69) is 4.72 Å². The van der Waals surface area contributed by atoms with Crippen LogP contribution in [0.15, 0.2) is 23.1 Å². The predicted octanol–water partition coefficient (Wildman–Crippen LogP) is 1.75. The molecule has 0 atom stereocenters. The maximum atomic E-state index is 12.2. The third kappa shape index (κ3) is 3.82. The Balaban J connectivity index is 3.00. The van der Waals surface area contributed by atoms with E-state index in [1.807, 2.05) is 0 Å². The fourth-order valence-electron chi connectivity index (χ4n) is 1.61. The molecule has 108 valence electrons. The summed E-state index contributed by atoms with van der Waals surface area (Å²) in [5, 5.41) is 10.1. The van der Waals surface area contributed by atoms with Crippen LogP contribution in [0, 0.1) is 0 Å².